The number of furan rings is 1. The van der Waals surface area contributed by atoms with Crippen molar-refractivity contribution in [3.63, 3.8) is 0 Å². The minimum absolute atomic E-state index is 0.0151. The monoisotopic (exact) mass is 350 g/mol. The molecule has 6 heteroatoms. The fourth-order valence-electron chi connectivity index (χ4n) is 3.05. The van der Waals surface area contributed by atoms with Crippen molar-refractivity contribution in [2.24, 2.45) is 0 Å². The lowest BCUT2D eigenvalue weighted by atomic mass is 10.1. The van der Waals surface area contributed by atoms with Crippen molar-refractivity contribution in [1.82, 2.24) is 10.2 Å². The van der Waals surface area contributed by atoms with Gasteiger partial charge in [0, 0.05) is 32.7 Å². The third-order valence-corrected chi connectivity index (χ3v) is 4.47. The standard InChI is InChI=1S/C19H30N2O4/c1-4-5-9-20-18(22)8-10-21(13-16-7-6-11-24-16)19(23)17-12-14(2)25-15(17)3/h12,16H,4-11,13H2,1-3H3,(H,20,22). The van der Waals surface area contributed by atoms with E-state index in [9.17, 15) is 9.59 Å². The molecule has 1 aliphatic heterocycles. The van der Waals surface area contributed by atoms with Gasteiger partial charge >= 0.3 is 0 Å². The summed E-state index contributed by atoms with van der Waals surface area (Å²) in [5, 5.41) is 2.90. The number of hydrogen-bond donors (Lipinski definition) is 1. The van der Waals surface area contributed by atoms with Gasteiger partial charge < -0.3 is 19.4 Å². The van der Waals surface area contributed by atoms with E-state index in [1.54, 1.807) is 17.9 Å². The van der Waals surface area contributed by atoms with E-state index in [0.29, 0.717) is 37.4 Å². The molecular weight excluding hydrogens is 320 g/mol. The Morgan fingerprint density at radius 3 is 2.76 bits per heavy atom. The molecular formula is C19H30N2O4. The Kier molecular flexibility index (Phi) is 7.50. The van der Waals surface area contributed by atoms with Gasteiger partial charge in [0.05, 0.1) is 11.7 Å². The van der Waals surface area contributed by atoms with Crippen LogP contribution in [0.3, 0.4) is 0 Å². The van der Waals surface area contributed by atoms with Crippen LogP contribution in [-0.4, -0.2) is 49.1 Å². The van der Waals surface area contributed by atoms with Crippen LogP contribution in [0.2, 0.25) is 0 Å². The summed E-state index contributed by atoms with van der Waals surface area (Å²) >= 11 is 0. The van der Waals surface area contributed by atoms with Crippen molar-refractivity contribution < 1.29 is 18.7 Å². The number of carbonyl (C=O) groups is 2. The van der Waals surface area contributed by atoms with Crippen molar-refractivity contribution in [2.75, 3.05) is 26.2 Å². The van der Waals surface area contributed by atoms with Crippen LogP contribution >= 0.6 is 0 Å². The van der Waals surface area contributed by atoms with E-state index < -0.39 is 0 Å². The number of ether oxygens (including phenoxy) is 1. The van der Waals surface area contributed by atoms with Crippen LogP contribution in [0.5, 0.6) is 0 Å². The van der Waals surface area contributed by atoms with E-state index in [0.717, 1.165) is 38.1 Å². The van der Waals surface area contributed by atoms with E-state index in [4.69, 9.17) is 9.15 Å². The molecule has 1 atom stereocenters. The van der Waals surface area contributed by atoms with Crippen LogP contribution in [0.25, 0.3) is 0 Å². The molecule has 140 valence electrons. The maximum Gasteiger partial charge on any atom is 0.257 e. The Bertz CT molecular complexity index is 576. The average Bonchev–Trinajstić information content (AvgIpc) is 3.20. The summed E-state index contributed by atoms with van der Waals surface area (Å²) < 4.78 is 11.2. The van der Waals surface area contributed by atoms with E-state index in [2.05, 4.69) is 12.2 Å². The van der Waals surface area contributed by atoms with Gasteiger partial charge in [-0.25, -0.2) is 0 Å². The highest BCUT2D eigenvalue weighted by Crippen LogP contribution is 2.19. The molecule has 0 spiro atoms. The zero-order chi connectivity index (χ0) is 18.2. The number of carbonyl (C=O) groups excluding carboxylic acids is 2. The van der Waals surface area contributed by atoms with Gasteiger partial charge in [-0.05, 0) is 39.2 Å². The summed E-state index contributed by atoms with van der Waals surface area (Å²) in [5.41, 5.74) is 0.571. The first-order valence-electron chi connectivity index (χ1n) is 9.25. The van der Waals surface area contributed by atoms with Gasteiger partial charge in [0.25, 0.3) is 5.91 Å². The highest BCUT2D eigenvalue weighted by Gasteiger charge is 2.26. The third-order valence-electron chi connectivity index (χ3n) is 4.47. The fraction of sp³-hybridized carbons (Fsp3) is 0.684. The smallest absolute Gasteiger partial charge is 0.257 e. The molecule has 1 saturated heterocycles. The van der Waals surface area contributed by atoms with Crippen molar-refractivity contribution in [3.05, 3.63) is 23.2 Å². The van der Waals surface area contributed by atoms with Crippen molar-refractivity contribution in [1.29, 1.82) is 0 Å². The molecule has 1 aromatic heterocycles. The molecule has 25 heavy (non-hydrogen) atoms. The molecule has 0 saturated carbocycles. The second-order valence-electron chi connectivity index (χ2n) is 6.67. The van der Waals surface area contributed by atoms with Gasteiger partial charge in [0.15, 0.2) is 0 Å². The second kappa shape index (κ2) is 9.61. The number of unbranched alkanes of at least 4 members (excludes halogenated alkanes) is 1. The Labute approximate surface area is 149 Å². The first-order valence-corrected chi connectivity index (χ1v) is 9.25. The zero-order valence-corrected chi connectivity index (χ0v) is 15.6. The first-order chi connectivity index (χ1) is 12.0. The van der Waals surface area contributed by atoms with E-state index in [1.165, 1.54) is 0 Å². The number of amides is 2. The second-order valence-corrected chi connectivity index (χ2v) is 6.67. The van der Waals surface area contributed by atoms with Crippen LogP contribution in [0.1, 0.15) is 60.9 Å². The van der Waals surface area contributed by atoms with Crippen LogP contribution in [0.4, 0.5) is 0 Å². The van der Waals surface area contributed by atoms with Gasteiger partial charge in [0.1, 0.15) is 11.5 Å². The summed E-state index contributed by atoms with van der Waals surface area (Å²) in [6.07, 6.45) is 4.35. The summed E-state index contributed by atoms with van der Waals surface area (Å²) in [4.78, 5) is 26.6. The molecule has 2 heterocycles. The molecule has 2 amide bonds. The van der Waals surface area contributed by atoms with Crippen LogP contribution in [0.15, 0.2) is 10.5 Å². The lowest BCUT2D eigenvalue weighted by molar-refractivity contribution is -0.121. The lowest BCUT2D eigenvalue weighted by Crippen LogP contribution is -2.40. The summed E-state index contributed by atoms with van der Waals surface area (Å²) in [6, 6.07) is 1.77. The predicted molar refractivity (Wildman–Crippen MR) is 95.6 cm³/mol. The van der Waals surface area contributed by atoms with Crippen molar-refractivity contribution >= 4 is 11.8 Å². The van der Waals surface area contributed by atoms with Crippen LogP contribution < -0.4 is 5.32 Å². The number of aryl methyl sites for hydroxylation is 2. The highest BCUT2D eigenvalue weighted by molar-refractivity contribution is 5.95. The largest absolute Gasteiger partial charge is 0.466 e. The molecule has 1 unspecified atom stereocenters. The topological polar surface area (TPSA) is 71.8 Å². The summed E-state index contributed by atoms with van der Waals surface area (Å²) in [5.74, 6) is 1.23. The molecule has 1 aromatic rings. The number of nitrogens with one attached hydrogen (secondary N) is 1. The quantitative estimate of drug-likeness (QED) is 0.695. The fourth-order valence-corrected chi connectivity index (χ4v) is 3.05. The van der Waals surface area contributed by atoms with Crippen molar-refractivity contribution in [2.45, 2.75) is 59.0 Å². The van der Waals surface area contributed by atoms with Gasteiger partial charge in [-0.2, -0.15) is 0 Å². The average molecular weight is 350 g/mol. The maximum atomic E-state index is 12.9. The van der Waals surface area contributed by atoms with Gasteiger partial charge in [0.2, 0.25) is 5.91 Å². The number of hydrogen-bond acceptors (Lipinski definition) is 4. The number of rotatable bonds is 9. The third kappa shape index (κ3) is 5.88. The maximum absolute atomic E-state index is 12.9. The highest BCUT2D eigenvalue weighted by atomic mass is 16.5. The Balaban J connectivity index is 1.98. The molecule has 0 radical (unpaired) electrons. The normalized spacial score (nSPS) is 16.8. The number of nitrogens with zero attached hydrogens (tertiary/aromatic N) is 1. The molecule has 1 fully saturated rings. The van der Waals surface area contributed by atoms with Gasteiger partial charge in [-0.15, -0.1) is 0 Å². The lowest BCUT2D eigenvalue weighted by Gasteiger charge is -2.25. The van der Waals surface area contributed by atoms with Crippen molar-refractivity contribution in [3.8, 4) is 0 Å². The Hall–Kier alpha value is -1.82. The minimum atomic E-state index is -0.0915. The molecule has 1 N–H and O–H groups in total. The van der Waals surface area contributed by atoms with E-state index >= 15 is 0 Å². The molecule has 0 aliphatic carbocycles. The SMILES string of the molecule is CCCCNC(=O)CCN(CC1CCCO1)C(=O)c1cc(C)oc1C. The van der Waals surface area contributed by atoms with Gasteiger partial charge in [-0.1, -0.05) is 13.3 Å². The molecule has 0 aromatic carbocycles. The predicted octanol–water partition coefficient (Wildman–Crippen LogP) is 2.82. The van der Waals surface area contributed by atoms with E-state index in [1.807, 2.05) is 6.92 Å². The minimum Gasteiger partial charge on any atom is -0.466 e. The molecule has 1 aliphatic rings. The molecule has 2 rings (SSSR count). The zero-order valence-electron chi connectivity index (χ0n) is 15.6. The Morgan fingerprint density at radius 1 is 1.36 bits per heavy atom. The molecule has 0 bridgehead atoms. The molecule has 6 nitrogen and oxygen atoms in total. The van der Waals surface area contributed by atoms with Crippen LogP contribution in [-0.2, 0) is 9.53 Å². The van der Waals surface area contributed by atoms with Gasteiger partial charge in [-0.3, -0.25) is 9.59 Å². The van der Waals surface area contributed by atoms with E-state index in [-0.39, 0.29) is 17.9 Å². The Morgan fingerprint density at radius 2 is 2.16 bits per heavy atom. The van der Waals surface area contributed by atoms with Crippen LogP contribution in [0, 0.1) is 13.8 Å². The first kappa shape index (κ1) is 19.5. The summed E-state index contributed by atoms with van der Waals surface area (Å²) in [6.45, 7) is 8.05. The summed E-state index contributed by atoms with van der Waals surface area (Å²) in [7, 11) is 0.